The number of anilines is 3. The van der Waals surface area contributed by atoms with Gasteiger partial charge in [-0.2, -0.15) is 0 Å². The normalized spacial score (nSPS) is 12.6. The number of pyridine rings is 1. The van der Waals surface area contributed by atoms with Crippen molar-refractivity contribution in [1.82, 2.24) is 14.1 Å². The third-order valence-corrected chi connectivity index (χ3v) is 14.9. The van der Waals surface area contributed by atoms with E-state index in [-0.39, 0.29) is 0 Å². The lowest BCUT2D eigenvalue weighted by Crippen LogP contribution is -2.28. The number of nitrogens with zero attached hydrogens (tertiary/aromatic N) is 4. The third kappa shape index (κ3) is 6.50. The summed E-state index contributed by atoms with van der Waals surface area (Å²) in [6, 6.07) is 97.3. The fourth-order valence-electron chi connectivity index (χ4n) is 11.7. The van der Waals surface area contributed by atoms with Crippen LogP contribution in [0.1, 0.15) is 22.3 Å². The van der Waals surface area contributed by atoms with Crippen molar-refractivity contribution in [3.8, 4) is 44.9 Å². The zero-order chi connectivity index (χ0) is 47.6. The summed E-state index contributed by atoms with van der Waals surface area (Å²) < 4.78 is 4.73. The van der Waals surface area contributed by atoms with E-state index >= 15 is 0 Å². The quantitative estimate of drug-likeness (QED) is 0.144. The van der Waals surface area contributed by atoms with Crippen LogP contribution in [0.15, 0.2) is 279 Å². The van der Waals surface area contributed by atoms with Gasteiger partial charge in [0.2, 0.25) is 0 Å². The molecule has 10 aromatic carbocycles. The first-order valence-corrected chi connectivity index (χ1v) is 24.7. The van der Waals surface area contributed by atoms with Crippen LogP contribution in [0.4, 0.5) is 17.1 Å². The molecule has 0 saturated heterocycles. The molecule has 338 valence electrons. The smallest absolute Gasteiger partial charge is 0.0714 e. The van der Waals surface area contributed by atoms with Crippen LogP contribution in [0.5, 0.6) is 0 Å². The molecule has 3 aromatic heterocycles. The van der Waals surface area contributed by atoms with Crippen LogP contribution >= 0.6 is 0 Å². The van der Waals surface area contributed by atoms with E-state index in [1.54, 1.807) is 0 Å². The van der Waals surface area contributed by atoms with Crippen LogP contribution in [0, 0.1) is 0 Å². The van der Waals surface area contributed by atoms with Crippen LogP contribution in [-0.2, 0) is 5.41 Å². The molecule has 0 N–H and O–H groups in total. The van der Waals surface area contributed by atoms with Gasteiger partial charge in [0.25, 0.3) is 0 Å². The van der Waals surface area contributed by atoms with Crippen LogP contribution in [-0.4, -0.2) is 14.1 Å². The molecule has 0 saturated carbocycles. The van der Waals surface area contributed by atoms with Gasteiger partial charge in [-0.25, -0.2) is 0 Å². The molecule has 14 rings (SSSR count). The molecule has 0 unspecified atom stereocenters. The van der Waals surface area contributed by atoms with Gasteiger partial charge in [0.15, 0.2) is 0 Å². The zero-order valence-electron chi connectivity index (χ0n) is 39.3. The van der Waals surface area contributed by atoms with Gasteiger partial charge in [-0.3, -0.25) is 4.98 Å². The second-order valence-electron chi connectivity index (χ2n) is 18.7. The van der Waals surface area contributed by atoms with Gasteiger partial charge in [-0.1, -0.05) is 170 Å². The van der Waals surface area contributed by atoms with E-state index in [9.17, 15) is 0 Å². The molecule has 1 aliphatic carbocycles. The summed E-state index contributed by atoms with van der Waals surface area (Å²) in [5, 5.41) is 3.67. The number of benzene rings is 10. The molecule has 3 heterocycles. The molecule has 4 nitrogen and oxygen atoms in total. The highest BCUT2D eigenvalue weighted by Crippen LogP contribution is 2.57. The molecular formula is C68H46N4. The standard InChI is InChI=1S/C68H46N4/c1-5-17-50(18-6-1)68(51-19-7-2-8-20-51)62-26-14-13-25-57(62)58-38-37-56(46-63(58)68)71(55-35-30-48(31-36-55)64-27-15-16-43-69-64)54-33-28-47(29-34-54)49-32-40-66-61(45-49)59-39-41-65-60(42-44-70(65)52-21-9-3-10-22-52)67(59)72(66)53-23-11-4-12-24-53/h1-46H. The lowest BCUT2D eigenvalue weighted by Gasteiger charge is -2.35. The third-order valence-electron chi connectivity index (χ3n) is 14.9. The topological polar surface area (TPSA) is 26.0 Å². The van der Waals surface area contributed by atoms with Crippen molar-refractivity contribution in [1.29, 1.82) is 0 Å². The molecule has 0 amide bonds. The van der Waals surface area contributed by atoms with E-state index in [1.807, 2.05) is 18.3 Å². The van der Waals surface area contributed by atoms with Gasteiger partial charge in [0.1, 0.15) is 0 Å². The van der Waals surface area contributed by atoms with Gasteiger partial charge in [0.05, 0.1) is 27.7 Å². The van der Waals surface area contributed by atoms with Crippen molar-refractivity contribution < 1.29 is 0 Å². The molecule has 0 aliphatic heterocycles. The lowest BCUT2D eigenvalue weighted by atomic mass is 9.67. The monoisotopic (exact) mass is 918 g/mol. The molecule has 4 heteroatoms. The van der Waals surface area contributed by atoms with Crippen molar-refractivity contribution in [3.05, 3.63) is 302 Å². The summed E-state index contributed by atoms with van der Waals surface area (Å²) >= 11 is 0. The number of hydrogen-bond acceptors (Lipinski definition) is 2. The Bertz CT molecular complexity index is 4070. The maximum absolute atomic E-state index is 4.67. The Balaban J connectivity index is 0.918. The maximum Gasteiger partial charge on any atom is 0.0714 e. The van der Waals surface area contributed by atoms with Crippen molar-refractivity contribution in [2.24, 2.45) is 0 Å². The fourth-order valence-corrected chi connectivity index (χ4v) is 11.7. The van der Waals surface area contributed by atoms with Crippen LogP contribution in [0.25, 0.3) is 77.6 Å². The Labute approximate surface area is 418 Å². The van der Waals surface area contributed by atoms with E-state index < -0.39 is 5.41 Å². The second kappa shape index (κ2) is 16.9. The molecule has 0 atom stereocenters. The Morgan fingerprint density at radius 3 is 1.61 bits per heavy atom. The van der Waals surface area contributed by atoms with Gasteiger partial charge < -0.3 is 14.0 Å². The molecule has 0 spiro atoms. The molecule has 72 heavy (non-hydrogen) atoms. The van der Waals surface area contributed by atoms with E-state index in [1.165, 1.54) is 71.7 Å². The molecular weight excluding hydrogens is 873 g/mol. The van der Waals surface area contributed by atoms with Crippen LogP contribution in [0.3, 0.4) is 0 Å². The van der Waals surface area contributed by atoms with E-state index in [0.717, 1.165) is 45.3 Å². The van der Waals surface area contributed by atoms with Crippen LogP contribution in [0.2, 0.25) is 0 Å². The van der Waals surface area contributed by atoms with Crippen molar-refractivity contribution in [2.45, 2.75) is 5.41 Å². The summed E-state index contributed by atoms with van der Waals surface area (Å²) in [5.74, 6) is 0. The van der Waals surface area contributed by atoms with Gasteiger partial charge in [-0.05, 0) is 142 Å². The Morgan fingerprint density at radius 2 is 0.931 bits per heavy atom. The maximum atomic E-state index is 4.67. The Hall–Kier alpha value is -9.51. The second-order valence-corrected chi connectivity index (χ2v) is 18.7. The summed E-state index contributed by atoms with van der Waals surface area (Å²) in [4.78, 5) is 7.08. The SMILES string of the molecule is c1ccc(-n2ccc3c2ccc2c4cc(-c5ccc(N(c6ccc(-c7ccccn7)cc6)c6ccc7c(c6)C(c6ccccc6)(c6ccccc6)c6ccccc6-7)cc5)ccc4n(-c4ccccc4)c23)cc1. The lowest BCUT2D eigenvalue weighted by molar-refractivity contribution is 0.768. The highest BCUT2D eigenvalue weighted by Gasteiger charge is 2.46. The molecule has 0 radical (unpaired) electrons. The minimum absolute atomic E-state index is 0.525. The fraction of sp³-hybridized carbons (Fsp3) is 0.0147. The highest BCUT2D eigenvalue weighted by atomic mass is 15.1. The first-order valence-electron chi connectivity index (χ1n) is 24.7. The Kier molecular flexibility index (Phi) is 9.71. The van der Waals surface area contributed by atoms with E-state index in [2.05, 4.69) is 280 Å². The summed E-state index contributed by atoms with van der Waals surface area (Å²) in [6.07, 6.45) is 4.05. The van der Waals surface area contributed by atoms with Crippen LogP contribution < -0.4 is 4.90 Å². The van der Waals surface area contributed by atoms with Gasteiger partial charge >= 0.3 is 0 Å². The highest BCUT2D eigenvalue weighted by molar-refractivity contribution is 6.19. The molecule has 0 bridgehead atoms. The van der Waals surface area contributed by atoms with Crippen molar-refractivity contribution >= 4 is 49.8 Å². The van der Waals surface area contributed by atoms with Gasteiger partial charge in [0, 0.05) is 62.6 Å². The average molecular weight is 919 g/mol. The summed E-state index contributed by atoms with van der Waals surface area (Å²) in [7, 11) is 0. The number of rotatable bonds is 9. The van der Waals surface area contributed by atoms with Crippen molar-refractivity contribution in [2.75, 3.05) is 4.90 Å². The largest absolute Gasteiger partial charge is 0.316 e. The number of para-hydroxylation sites is 2. The zero-order valence-corrected chi connectivity index (χ0v) is 39.3. The van der Waals surface area contributed by atoms with E-state index in [0.29, 0.717) is 0 Å². The van der Waals surface area contributed by atoms with Gasteiger partial charge in [-0.15, -0.1) is 0 Å². The number of aromatic nitrogens is 3. The Morgan fingerprint density at radius 1 is 0.361 bits per heavy atom. The minimum atomic E-state index is -0.525. The van der Waals surface area contributed by atoms with E-state index in [4.69, 9.17) is 0 Å². The first-order chi connectivity index (χ1) is 35.7. The molecule has 13 aromatic rings. The summed E-state index contributed by atoms with van der Waals surface area (Å²) in [5.41, 5.74) is 20.4. The predicted molar refractivity (Wildman–Crippen MR) is 298 cm³/mol. The predicted octanol–water partition coefficient (Wildman–Crippen LogP) is 17.3. The number of hydrogen-bond donors (Lipinski definition) is 0. The minimum Gasteiger partial charge on any atom is -0.316 e. The first kappa shape index (κ1) is 41.5. The molecule has 0 fully saturated rings. The summed E-state index contributed by atoms with van der Waals surface area (Å²) in [6.45, 7) is 0. The van der Waals surface area contributed by atoms with Crippen molar-refractivity contribution in [3.63, 3.8) is 0 Å². The average Bonchev–Trinajstić information content (AvgIpc) is 4.14. The number of fused-ring (bicyclic) bond motifs is 8. The molecule has 1 aliphatic rings.